The molecule has 1 aliphatic rings. The van der Waals surface area contributed by atoms with E-state index in [1.54, 1.807) is 12.1 Å². The van der Waals surface area contributed by atoms with Gasteiger partial charge in [0.2, 0.25) is 11.9 Å². The number of fused-ring (bicyclic) bond motifs is 1. The van der Waals surface area contributed by atoms with Crippen LogP contribution in [-0.4, -0.2) is 44.3 Å². The molecule has 0 radical (unpaired) electrons. The van der Waals surface area contributed by atoms with Crippen molar-refractivity contribution in [1.29, 1.82) is 0 Å². The number of nitrogens with one attached hydrogen (secondary N) is 1. The maximum Gasteiger partial charge on any atom is 0.390 e. The van der Waals surface area contributed by atoms with Crippen molar-refractivity contribution in [3.63, 3.8) is 0 Å². The molecule has 166 valence electrons. The third-order valence-corrected chi connectivity index (χ3v) is 5.41. The van der Waals surface area contributed by atoms with Gasteiger partial charge in [0.15, 0.2) is 0 Å². The quantitative estimate of drug-likeness (QED) is 0.598. The largest absolute Gasteiger partial charge is 0.489 e. The number of halogens is 4. The number of nitrogens with zero attached hydrogens (tertiary/aromatic N) is 4. The fourth-order valence-corrected chi connectivity index (χ4v) is 3.65. The highest BCUT2D eigenvalue weighted by Crippen LogP contribution is 2.35. The lowest BCUT2D eigenvalue weighted by molar-refractivity contribution is -0.137. The molecule has 1 unspecified atom stereocenters. The molecule has 3 heterocycles. The van der Waals surface area contributed by atoms with Crippen LogP contribution in [0.2, 0.25) is 0 Å². The lowest BCUT2D eigenvalue weighted by Gasteiger charge is -2.20. The summed E-state index contributed by atoms with van der Waals surface area (Å²) in [7, 11) is 1.47. The molecule has 0 spiro atoms. The highest BCUT2D eigenvalue weighted by molar-refractivity contribution is 5.90. The molecule has 0 saturated carbocycles. The lowest BCUT2D eigenvalue weighted by atomic mass is 10.0. The first-order valence-corrected chi connectivity index (χ1v) is 9.80. The summed E-state index contributed by atoms with van der Waals surface area (Å²) in [5, 5.41) is 11.1. The molecule has 0 aliphatic carbocycles. The number of ether oxygens (including phenoxy) is 1. The zero-order valence-electron chi connectivity index (χ0n) is 16.9. The van der Waals surface area contributed by atoms with E-state index < -0.39 is 18.5 Å². The zero-order valence-corrected chi connectivity index (χ0v) is 16.9. The van der Waals surface area contributed by atoms with Crippen molar-refractivity contribution in [3.8, 4) is 16.9 Å². The van der Waals surface area contributed by atoms with Crippen LogP contribution in [0.1, 0.15) is 19.8 Å². The van der Waals surface area contributed by atoms with Crippen LogP contribution in [0.5, 0.6) is 5.75 Å². The molecule has 1 N–H and O–H groups in total. The Morgan fingerprint density at radius 3 is 2.77 bits per heavy atom. The Morgan fingerprint density at radius 2 is 2.10 bits per heavy atom. The van der Waals surface area contributed by atoms with Gasteiger partial charge in [0.25, 0.3) is 0 Å². The minimum Gasteiger partial charge on any atom is -0.489 e. The smallest absolute Gasteiger partial charge is 0.390 e. The van der Waals surface area contributed by atoms with Crippen molar-refractivity contribution in [2.24, 2.45) is 13.0 Å². The summed E-state index contributed by atoms with van der Waals surface area (Å²) in [5.41, 5.74) is 1.50. The predicted octanol–water partition coefficient (Wildman–Crippen LogP) is 3.43. The number of amides is 1. The SMILES string of the molecule is C[C@@H](Oc1cc(-c2cnn(CCC(F)(F)F)c2)cc2nn(C)c(F)c12)C1CNC(=O)C1. The van der Waals surface area contributed by atoms with Crippen molar-refractivity contribution >= 4 is 16.8 Å². The van der Waals surface area contributed by atoms with Gasteiger partial charge in [-0.3, -0.25) is 9.48 Å². The van der Waals surface area contributed by atoms with Crippen LogP contribution in [0.3, 0.4) is 0 Å². The number of alkyl halides is 3. The van der Waals surface area contributed by atoms with E-state index in [1.807, 2.05) is 6.92 Å². The van der Waals surface area contributed by atoms with Crippen LogP contribution in [0.4, 0.5) is 17.6 Å². The van der Waals surface area contributed by atoms with Crippen LogP contribution in [0.25, 0.3) is 22.0 Å². The first kappa shape index (κ1) is 21.1. The number of aromatic nitrogens is 4. The van der Waals surface area contributed by atoms with Gasteiger partial charge in [-0.1, -0.05) is 0 Å². The summed E-state index contributed by atoms with van der Waals surface area (Å²) < 4.78 is 60.5. The predicted molar refractivity (Wildman–Crippen MR) is 104 cm³/mol. The number of benzene rings is 1. The molecule has 1 aromatic carbocycles. The van der Waals surface area contributed by atoms with E-state index in [-0.39, 0.29) is 35.6 Å². The minimum atomic E-state index is -4.27. The second kappa shape index (κ2) is 7.86. The Morgan fingerprint density at radius 1 is 1.32 bits per heavy atom. The number of hydrogen-bond donors (Lipinski definition) is 1. The molecule has 2 atom stereocenters. The van der Waals surface area contributed by atoms with E-state index in [9.17, 15) is 22.4 Å². The van der Waals surface area contributed by atoms with E-state index in [0.29, 0.717) is 29.6 Å². The van der Waals surface area contributed by atoms with Crippen molar-refractivity contribution in [2.45, 2.75) is 38.6 Å². The fourth-order valence-electron chi connectivity index (χ4n) is 3.65. The summed E-state index contributed by atoms with van der Waals surface area (Å²) in [6.07, 6.45) is -2.36. The third-order valence-electron chi connectivity index (χ3n) is 5.41. The van der Waals surface area contributed by atoms with Crippen LogP contribution in [0.15, 0.2) is 24.5 Å². The standard InChI is InChI=1S/C20H21F4N5O2/c1-11(13-7-17(30)25-8-13)31-16-6-12(5-15-18(16)19(21)28(2)27-15)14-9-26-29(10-14)4-3-20(22,23)24/h5-6,9-11,13H,3-4,7-8H2,1-2H3,(H,25,30)/t11-,13?/m1/s1. The molecular formula is C20H21F4N5O2. The molecule has 1 aliphatic heterocycles. The van der Waals surface area contributed by atoms with Gasteiger partial charge in [0, 0.05) is 44.2 Å². The van der Waals surface area contributed by atoms with Crippen LogP contribution in [-0.2, 0) is 18.4 Å². The summed E-state index contributed by atoms with van der Waals surface area (Å²) in [6.45, 7) is 1.99. The number of carbonyl (C=O) groups excluding carboxylic acids is 1. The van der Waals surface area contributed by atoms with Crippen LogP contribution in [0, 0.1) is 11.9 Å². The zero-order chi connectivity index (χ0) is 22.3. The van der Waals surface area contributed by atoms with Gasteiger partial charge in [-0.15, -0.1) is 0 Å². The molecular weight excluding hydrogens is 418 g/mol. The van der Waals surface area contributed by atoms with E-state index in [2.05, 4.69) is 15.5 Å². The number of rotatable bonds is 6. The molecule has 2 aromatic heterocycles. The molecule has 3 aromatic rings. The first-order valence-electron chi connectivity index (χ1n) is 9.80. The highest BCUT2D eigenvalue weighted by atomic mass is 19.4. The maximum absolute atomic E-state index is 14.7. The van der Waals surface area contributed by atoms with Gasteiger partial charge in [-0.2, -0.15) is 27.8 Å². The summed E-state index contributed by atoms with van der Waals surface area (Å²) >= 11 is 0. The van der Waals surface area contributed by atoms with E-state index >= 15 is 0 Å². The topological polar surface area (TPSA) is 74.0 Å². The first-order chi connectivity index (χ1) is 14.6. The van der Waals surface area contributed by atoms with E-state index in [1.165, 1.54) is 24.1 Å². The van der Waals surface area contributed by atoms with Gasteiger partial charge < -0.3 is 10.1 Å². The lowest BCUT2D eigenvalue weighted by Crippen LogP contribution is -2.25. The average Bonchev–Trinajstić information content (AvgIpc) is 3.39. The molecule has 1 saturated heterocycles. The fraction of sp³-hybridized carbons (Fsp3) is 0.450. The number of aryl methyl sites for hydroxylation is 2. The molecule has 11 heteroatoms. The Kier molecular flexibility index (Phi) is 5.36. The van der Waals surface area contributed by atoms with Gasteiger partial charge in [0.1, 0.15) is 11.9 Å². The second-order valence-electron chi connectivity index (χ2n) is 7.73. The Hall–Kier alpha value is -3.11. The van der Waals surface area contributed by atoms with Crippen molar-refractivity contribution in [3.05, 3.63) is 30.5 Å². The normalized spacial score (nSPS) is 17.9. The Balaban J connectivity index is 1.66. The second-order valence-corrected chi connectivity index (χ2v) is 7.73. The Bertz CT molecular complexity index is 1120. The number of hydrogen-bond acceptors (Lipinski definition) is 4. The van der Waals surface area contributed by atoms with Gasteiger partial charge >= 0.3 is 6.18 Å². The summed E-state index contributed by atoms with van der Waals surface area (Å²) in [4.78, 5) is 11.5. The van der Waals surface area contributed by atoms with Crippen molar-refractivity contribution < 1.29 is 27.1 Å². The number of carbonyl (C=O) groups is 1. The van der Waals surface area contributed by atoms with Gasteiger partial charge in [-0.05, 0) is 24.6 Å². The van der Waals surface area contributed by atoms with Gasteiger partial charge in [-0.25, -0.2) is 4.68 Å². The minimum absolute atomic E-state index is 0.0572. The van der Waals surface area contributed by atoms with Crippen molar-refractivity contribution in [2.75, 3.05) is 6.54 Å². The van der Waals surface area contributed by atoms with E-state index in [0.717, 1.165) is 4.68 Å². The summed E-state index contributed by atoms with van der Waals surface area (Å²) in [5.74, 6) is -0.424. The Labute approximate surface area is 175 Å². The van der Waals surface area contributed by atoms with E-state index in [4.69, 9.17) is 4.74 Å². The van der Waals surface area contributed by atoms with Crippen LogP contribution >= 0.6 is 0 Å². The highest BCUT2D eigenvalue weighted by Gasteiger charge is 2.29. The van der Waals surface area contributed by atoms with Gasteiger partial charge in [0.05, 0.1) is 23.5 Å². The van der Waals surface area contributed by atoms with Crippen molar-refractivity contribution in [1.82, 2.24) is 24.9 Å². The third kappa shape index (κ3) is 4.49. The molecule has 7 nitrogen and oxygen atoms in total. The summed E-state index contributed by atoms with van der Waals surface area (Å²) in [6, 6.07) is 3.26. The molecule has 31 heavy (non-hydrogen) atoms. The monoisotopic (exact) mass is 439 g/mol. The van der Waals surface area contributed by atoms with Crippen LogP contribution < -0.4 is 10.1 Å². The molecule has 0 bridgehead atoms. The molecule has 4 rings (SSSR count). The maximum atomic E-state index is 14.7. The molecule has 1 amide bonds. The average molecular weight is 439 g/mol. The molecule has 1 fully saturated rings.